The van der Waals surface area contributed by atoms with Gasteiger partial charge in [-0.25, -0.2) is 18.4 Å². The number of allylic oxidation sites excluding steroid dienone is 1. The molecule has 2 amide bonds. The zero-order valence-corrected chi connectivity index (χ0v) is 30.0. The van der Waals surface area contributed by atoms with Gasteiger partial charge in [0, 0.05) is 43.2 Å². The van der Waals surface area contributed by atoms with Gasteiger partial charge in [0.15, 0.2) is 11.6 Å². The number of hydrogen-bond donors (Lipinski definition) is 1. The third kappa shape index (κ3) is 7.51. The minimum Gasteiger partial charge on any atom is -0.497 e. The zero-order chi connectivity index (χ0) is 36.7. The number of fused-ring (bicyclic) bond motifs is 1. The second-order valence-corrected chi connectivity index (χ2v) is 16.8. The Morgan fingerprint density at radius 3 is 2.51 bits per heavy atom. The first-order valence-electron chi connectivity index (χ1n) is 17.1. The second kappa shape index (κ2) is 13.8. The van der Waals surface area contributed by atoms with E-state index < -0.39 is 67.7 Å². The highest BCUT2D eigenvalue weighted by atomic mass is 32.2. The van der Waals surface area contributed by atoms with E-state index in [9.17, 15) is 27.6 Å². The number of benzene rings is 1. The summed E-state index contributed by atoms with van der Waals surface area (Å²) < 4.78 is 39.4. The number of hydrogen-bond acceptors (Lipinski definition) is 11. The van der Waals surface area contributed by atoms with Crippen molar-refractivity contribution >= 4 is 44.2 Å². The van der Waals surface area contributed by atoms with Crippen LogP contribution in [0.15, 0.2) is 61.7 Å². The number of nitrogens with one attached hydrogen (secondary N) is 1. The molecule has 1 aliphatic heterocycles. The third-order valence-corrected chi connectivity index (χ3v) is 12.1. The number of pyridine rings is 1. The van der Waals surface area contributed by atoms with Gasteiger partial charge in [-0.2, -0.15) is 0 Å². The first kappa shape index (κ1) is 36.1. The van der Waals surface area contributed by atoms with Crippen molar-refractivity contribution in [3.63, 3.8) is 0 Å². The maximum atomic E-state index is 14.6. The van der Waals surface area contributed by atoms with Crippen molar-refractivity contribution in [2.45, 2.75) is 76.7 Å². The molecular weight excluding hydrogens is 675 g/mol. The number of nitrogens with zero attached hydrogens (tertiary/aromatic N) is 4. The van der Waals surface area contributed by atoms with Crippen LogP contribution in [-0.4, -0.2) is 82.7 Å². The van der Waals surface area contributed by atoms with Gasteiger partial charge in [0.2, 0.25) is 27.7 Å². The highest BCUT2D eigenvalue weighted by molar-refractivity contribution is 7.90. The number of rotatable bonds is 14. The molecule has 0 unspecified atom stereocenters. The van der Waals surface area contributed by atoms with Gasteiger partial charge >= 0.3 is 0 Å². The average Bonchev–Trinajstić information content (AvgIpc) is 4.03. The topological polar surface area (TPSA) is 175 Å². The molecule has 3 aromatic rings. The van der Waals surface area contributed by atoms with Crippen LogP contribution in [0.2, 0.25) is 0 Å². The Bertz CT molecular complexity index is 1980. The first-order chi connectivity index (χ1) is 24.2. The summed E-state index contributed by atoms with van der Waals surface area (Å²) >= 11 is 0. The molecule has 270 valence electrons. The number of ether oxygens (including phenoxy) is 2. The van der Waals surface area contributed by atoms with Crippen molar-refractivity contribution in [3.05, 3.63) is 67.4 Å². The van der Waals surface area contributed by atoms with Crippen molar-refractivity contribution in [1.82, 2.24) is 24.6 Å². The van der Waals surface area contributed by atoms with Gasteiger partial charge in [0.1, 0.15) is 17.5 Å². The number of aromatic nitrogens is 3. The van der Waals surface area contributed by atoms with E-state index in [4.69, 9.17) is 9.47 Å². The van der Waals surface area contributed by atoms with Gasteiger partial charge in [0.05, 0.1) is 42.5 Å². The molecule has 3 heterocycles. The van der Waals surface area contributed by atoms with Crippen molar-refractivity contribution in [1.29, 1.82) is 0 Å². The van der Waals surface area contributed by atoms with Crippen LogP contribution >= 0.6 is 0 Å². The number of amides is 2. The van der Waals surface area contributed by atoms with Crippen LogP contribution in [-0.2, 0) is 24.4 Å². The lowest BCUT2D eigenvalue weighted by Gasteiger charge is -2.35. The number of carbonyl (C=O) groups excluding carboxylic acids is 4. The predicted octanol–water partition coefficient (Wildman–Crippen LogP) is 4.08. The summed E-state index contributed by atoms with van der Waals surface area (Å²) in [5, 5.41) is 0.928. The molecule has 2 aliphatic carbocycles. The van der Waals surface area contributed by atoms with E-state index >= 15 is 0 Å². The number of Topliss-reactive ketones (excluding diaryl/α,β-unsaturated/α-hetero) is 2. The standard InChI is InChI=1S/C37H43N5O8S/c1-6-23-18-37(23,35(46)41-51(47,48)26-8-9-26)19-32(44)30-16-25(50-33-27-10-7-24(49-5)15-22(27)11-12-40-33)21-42(30)34(45)28(36(2,3)4)17-31(43)29-20-38-13-14-39-29/h6-7,10-15,20,23,25-26,28,30H,1,8-9,16-19,21H2,2-5H3,(H,41,46)/t23-,25-,28-,30+,37-/m1/s1. The smallest absolute Gasteiger partial charge is 0.240 e. The lowest BCUT2D eigenvalue weighted by molar-refractivity contribution is -0.144. The van der Waals surface area contributed by atoms with Crippen molar-refractivity contribution < 1.29 is 37.1 Å². The Labute approximate surface area is 297 Å². The van der Waals surface area contributed by atoms with Crippen LogP contribution in [0.3, 0.4) is 0 Å². The summed E-state index contributed by atoms with van der Waals surface area (Å²) in [6.07, 6.45) is 7.59. The van der Waals surface area contributed by atoms with E-state index in [1.165, 1.54) is 23.5 Å². The number of carbonyl (C=O) groups is 4. The lowest BCUT2D eigenvalue weighted by Crippen LogP contribution is -2.48. The highest BCUT2D eigenvalue weighted by Gasteiger charge is 2.61. The first-order valence-corrected chi connectivity index (χ1v) is 18.6. The van der Waals surface area contributed by atoms with E-state index in [0.717, 1.165) is 5.39 Å². The number of sulfonamides is 1. The number of methoxy groups -OCH3 is 1. The normalized spacial score (nSPS) is 23.7. The van der Waals surface area contributed by atoms with E-state index in [1.54, 1.807) is 25.4 Å². The quantitative estimate of drug-likeness (QED) is 0.188. The van der Waals surface area contributed by atoms with Crippen LogP contribution in [0.4, 0.5) is 0 Å². The van der Waals surface area contributed by atoms with E-state index in [2.05, 4.69) is 26.3 Å². The molecule has 0 radical (unpaired) electrons. The zero-order valence-electron chi connectivity index (χ0n) is 29.2. The Hall–Kier alpha value is -4.72. The van der Waals surface area contributed by atoms with Crippen molar-refractivity contribution in [2.24, 2.45) is 22.7 Å². The predicted molar refractivity (Wildman–Crippen MR) is 187 cm³/mol. The summed E-state index contributed by atoms with van der Waals surface area (Å²) in [7, 11) is -2.28. The van der Waals surface area contributed by atoms with Gasteiger partial charge < -0.3 is 14.4 Å². The van der Waals surface area contributed by atoms with Crippen LogP contribution in [0.25, 0.3) is 10.8 Å². The molecule has 13 nitrogen and oxygen atoms in total. The number of likely N-dealkylation sites (tertiary alicyclic amines) is 1. The van der Waals surface area contributed by atoms with E-state index in [1.807, 2.05) is 39.0 Å². The summed E-state index contributed by atoms with van der Waals surface area (Å²) in [5.74, 6) is -2.17. The van der Waals surface area contributed by atoms with Gasteiger partial charge in [-0.3, -0.25) is 28.9 Å². The molecule has 3 fully saturated rings. The van der Waals surface area contributed by atoms with Gasteiger partial charge in [-0.1, -0.05) is 26.8 Å². The molecule has 2 aromatic heterocycles. The molecule has 5 atom stereocenters. The third-order valence-electron chi connectivity index (χ3n) is 10.3. The van der Waals surface area contributed by atoms with Gasteiger partial charge in [-0.05, 0) is 60.2 Å². The summed E-state index contributed by atoms with van der Waals surface area (Å²) in [4.78, 5) is 69.8. The molecule has 2 saturated carbocycles. The molecule has 0 spiro atoms. The van der Waals surface area contributed by atoms with Crippen molar-refractivity contribution in [3.8, 4) is 11.6 Å². The Balaban J connectivity index is 1.30. The molecule has 1 N–H and O–H groups in total. The van der Waals surface area contributed by atoms with Crippen LogP contribution < -0.4 is 14.2 Å². The maximum absolute atomic E-state index is 14.6. The SMILES string of the molecule is C=C[C@@H]1C[C@]1(CC(=O)[C@@H]1C[C@@H](Oc2nccc3cc(OC)ccc23)CN1C(=O)[C@@H](CC(=O)c1cnccn1)C(C)(C)C)C(=O)NS(=O)(=O)C1CC1. The average molecular weight is 718 g/mol. The lowest BCUT2D eigenvalue weighted by atomic mass is 9.76. The molecule has 51 heavy (non-hydrogen) atoms. The maximum Gasteiger partial charge on any atom is 0.240 e. The molecular formula is C37H43N5O8S. The van der Waals surface area contributed by atoms with Crippen molar-refractivity contribution in [2.75, 3.05) is 13.7 Å². The Morgan fingerprint density at radius 2 is 1.88 bits per heavy atom. The van der Waals surface area contributed by atoms with Crippen LogP contribution in [0.1, 0.15) is 69.8 Å². The Morgan fingerprint density at radius 1 is 1.12 bits per heavy atom. The van der Waals surface area contributed by atoms with Crippen LogP contribution in [0.5, 0.6) is 11.6 Å². The largest absolute Gasteiger partial charge is 0.497 e. The fourth-order valence-electron chi connectivity index (χ4n) is 6.94. The van der Waals surface area contributed by atoms with E-state index in [-0.39, 0.29) is 43.7 Å². The minimum absolute atomic E-state index is 0.0233. The fraction of sp³-hybridized carbons (Fsp3) is 0.486. The van der Waals surface area contributed by atoms with E-state index in [0.29, 0.717) is 29.9 Å². The summed E-state index contributed by atoms with van der Waals surface area (Å²) in [6, 6.07) is 6.27. The van der Waals surface area contributed by atoms with Gasteiger partial charge in [-0.15, -0.1) is 6.58 Å². The molecule has 0 bridgehead atoms. The monoisotopic (exact) mass is 717 g/mol. The highest BCUT2D eigenvalue weighted by Crippen LogP contribution is 2.57. The molecule has 1 saturated heterocycles. The number of ketones is 2. The van der Waals surface area contributed by atoms with Gasteiger partial charge in [0.25, 0.3) is 0 Å². The molecule has 14 heteroatoms. The molecule has 3 aliphatic rings. The summed E-state index contributed by atoms with van der Waals surface area (Å²) in [5.41, 5.74) is -1.86. The second-order valence-electron chi connectivity index (χ2n) is 14.8. The molecule has 1 aromatic carbocycles. The fourth-order valence-corrected chi connectivity index (χ4v) is 8.33. The Kier molecular flexibility index (Phi) is 9.75. The molecule has 6 rings (SSSR count). The minimum atomic E-state index is -3.85. The van der Waals surface area contributed by atoms with Crippen LogP contribution in [0, 0.1) is 22.7 Å². The summed E-state index contributed by atoms with van der Waals surface area (Å²) in [6.45, 7) is 9.39.